The lowest BCUT2D eigenvalue weighted by Gasteiger charge is -2.32. The van der Waals surface area contributed by atoms with Gasteiger partial charge in [0.1, 0.15) is 16.7 Å². The van der Waals surface area contributed by atoms with E-state index in [1.807, 2.05) is 50.2 Å². The summed E-state index contributed by atoms with van der Waals surface area (Å²) in [6.45, 7) is 3.93. The van der Waals surface area contributed by atoms with Crippen LogP contribution in [0.3, 0.4) is 0 Å². The molecule has 0 bridgehead atoms. The van der Waals surface area contributed by atoms with Gasteiger partial charge in [0.05, 0.1) is 5.69 Å². The van der Waals surface area contributed by atoms with E-state index in [1.165, 1.54) is 29.2 Å². The minimum absolute atomic E-state index is 0.0392. The molecule has 194 valence electrons. The van der Waals surface area contributed by atoms with E-state index >= 15 is 0 Å². The molecule has 0 unspecified atom stereocenters. The standard InChI is InChI=1S/C28H26FN5O3S/c1-16-7-6-10-21(17(16)2)34(28(37)25-22(30)23(26(31)35)33-38-25)24(19-11-13-20(29)14-12-19)27(36)32-15-18-8-4-3-5-9-18/h3-14,24H,15,30H2,1-2H3,(H2,31,35)(H,32,36)/t24-/m0/s1. The monoisotopic (exact) mass is 531 g/mol. The quantitative estimate of drug-likeness (QED) is 0.312. The fourth-order valence-electron chi connectivity index (χ4n) is 4.05. The minimum Gasteiger partial charge on any atom is -0.395 e. The fraction of sp³-hybridized carbons (Fsp3) is 0.143. The van der Waals surface area contributed by atoms with Gasteiger partial charge in [0, 0.05) is 12.2 Å². The van der Waals surface area contributed by atoms with Crippen molar-refractivity contribution < 1.29 is 18.8 Å². The predicted octanol–water partition coefficient (Wildman–Crippen LogP) is 4.28. The summed E-state index contributed by atoms with van der Waals surface area (Å²) >= 11 is 0.724. The van der Waals surface area contributed by atoms with Crippen LogP contribution < -0.4 is 21.7 Å². The number of nitrogens with two attached hydrogens (primary N) is 2. The summed E-state index contributed by atoms with van der Waals surface area (Å²) < 4.78 is 17.8. The van der Waals surface area contributed by atoms with Gasteiger partial charge in [-0.25, -0.2) is 4.39 Å². The topological polar surface area (TPSA) is 131 Å². The molecular weight excluding hydrogens is 505 g/mol. The number of amides is 3. The molecule has 38 heavy (non-hydrogen) atoms. The Labute approximate surface area is 223 Å². The molecule has 1 heterocycles. The number of rotatable bonds is 8. The molecule has 5 N–H and O–H groups in total. The van der Waals surface area contributed by atoms with E-state index in [4.69, 9.17) is 11.5 Å². The predicted molar refractivity (Wildman–Crippen MR) is 145 cm³/mol. The van der Waals surface area contributed by atoms with E-state index in [0.29, 0.717) is 11.3 Å². The van der Waals surface area contributed by atoms with Gasteiger partial charge in [0.15, 0.2) is 5.69 Å². The van der Waals surface area contributed by atoms with Gasteiger partial charge < -0.3 is 16.8 Å². The zero-order chi connectivity index (χ0) is 27.4. The highest BCUT2D eigenvalue weighted by Gasteiger charge is 2.36. The highest BCUT2D eigenvalue weighted by atomic mass is 32.1. The first kappa shape index (κ1) is 26.5. The summed E-state index contributed by atoms with van der Waals surface area (Å²) in [4.78, 5) is 41.0. The SMILES string of the molecule is Cc1cccc(N(C(=O)c2snc(C(N)=O)c2N)[C@H](C(=O)NCc2ccccc2)c2ccc(F)cc2)c1C. The number of nitrogen functional groups attached to an aromatic ring is 1. The zero-order valence-electron chi connectivity index (χ0n) is 20.8. The lowest BCUT2D eigenvalue weighted by atomic mass is 9.99. The Morgan fingerprint density at radius 1 is 1.00 bits per heavy atom. The van der Waals surface area contributed by atoms with Crippen molar-refractivity contribution in [2.45, 2.75) is 26.4 Å². The molecule has 0 aliphatic heterocycles. The first-order valence-corrected chi connectivity index (χ1v) is 12.5. The van der Waals surface area contributed by atoms with Crippen molar-refractivity contribution in [3.05, 3.63) is 111 Å². The summed E-state index contributed by atoms with van der Waals surface area (Å²) in [6, 6.07) is 18.8. The number of nitrogens with zero attached hydrogens (tertiary/aromatic N) is 2. The van der Waals surface area contributed by atoms with Crippen molar-refractivity contribution in [3.8, 4) is 0 Å². The van der Waals surface area contributed by atoms with Crippen LogP contribution in [0.15, 0.2) is 72.8 Å². The number of nitrogens with one attached hydrogen (secondary N) is 1. The van der Waals surface area contributed by atoms with Gasteiger partial charge in [-0.05, 0) is 65.8 Å². The second-order valence-electron chi connectivity index (χ2n) is 8.69. The number of carbonyl (C=O) groups is 3. The van der Waals surface area contributed by atoms with Crippen molar-refractivity contribution in [3.63, 3.8) is 0 Å². The van der Waals surface area contributed by atoms with Gasteiger partial charge in [-0.2, -0.15) is 4.37 Å². The average molecular weight is 532 g/mol. The number of aromatic nitrogens is 1. The minimum atomic E-state index is -1.20. The van der Waals surface area contributed by atoms with Crippen LogP contribution in [0.1, 0.15) is 48.5 Å². The van der Waals surface area contributed by atoms with E-state index in [2.05, 4.69) is 9.69 Å². The summed E-state index contributed by atoms with van der Waals surface area (Å²) in [5.74, 6) is -2.50. The Bertz CT molecular complexity index is 1490. The average Bonchev–Trinajstić information content (AvgIpc) is 3.30. The Morgan fingerprint density at radius 3 is 2.32 bits per heavy atom. The number of aryl methyl sites for hydroxylation is 1. The second kappa shape index (κ2) is 11.2. The van der Waals surface area contributed by atoms with E-state index in [0.717, 1.165) is 28.2 Å². The van der Waals surface area contributed by atoms with Crippen molar-refractivity contribution in [1.82, 2.24) is 9.69 Å². The van der Waals surface area contributed by atoms with Crippen molar-refractivity contribution >= 4 is 40.6 Å². The molecule has 0 aliphatic rings. The molecule has 8 nitrogen and oxygen atoms in total. The van der Waals surface area contributed by atoms with Gasteiger partial charge in [0.2, 0.25) is 5.91 Å². The molecule has 1 atom stereocenters. The van der Waals surface area contributed by atoms with Crippen LogP contribution in [0.5, 0.6) is 0 Å². The second-order valence-corrected chi connectivity index (χ2v) is 9.46. The summed E-state index contributed by atoms with van der Waals surface area (Å²) in [5.41, 5.74) is 14.4. The largest absolute Gasteiger partial charge is 0.395 e. The van der Waals surface area contributed by atoms with Gasteiger partial charge in [-0.15, -0.1) is 0 Å². The van der Waals surface area contributed by atoms with Crippen LogP contribution >= 0.6 is 11.5 Å². The highest BCUT2D eigenvalue weighted by molar-refractivity contribution is 7.09. The maximum Gasteiger partial charge on any atom is 0.273 e. The van der Waals surface area contributed by atoms with Crippen LogP contribution in [0.4, 0.5) is 15.8 Å². The Kier molecular flexibility index (Phi) is 7.82. The van der Waals surface area contributed by atoms with Gasteiger partial charge >= 0.3 is 0 Å². The lowest BCUT2D eigenvalue weighted by Crippen LogP contribution is -2.44. The molecule has 0 aliphatic carbocycles. The molecule has 0 spiro atoms. The Morgan fingerprint density at radius 2 is 1.68 bits per heavy atom. The van der Waals surface area contributed by atoms with E-state index in [-0.39, 0.29) is 22.8 Å². The van der Waals surface area contributed by atoms with E-state index in [1.54, 1.807) is 12.1 Å². The van der Waals surface area contributed by atoms with Crippen molar-refractivity contribution in [2.75, 3.05) is 10.6 Å². The number of hydrogen-bond donors (Lipinski definition) is 3. The normalized spacial score (nSPS) is 11.6. The molecule has 3 amide bonds. The number of hydrogen-bond acceptors (Lipinski definition) is 6. The first-order valence-electron chi connectivity index (χ1n) is 11.7. The number of anilines is 2. The molecule has 1 aromatic heterocycles. The van der Waals surface area contributed by atoms with E-state index < -0.39 is 29.6 Å². The Balaban J connectivity index is 1.87. The van der Waals surface area contributed by atoms with Crippen molar-refractivity contribution in [1.29, 1.82) is 0 Å². The van der Waals surface area contributed by atoms with Gasteiger partial charge in [0.25, 0.3) is 11.8 Å². The molecule has 10 heteroatoms. The number of halogens is 1. The number of primary amides is 1. The summed E-state index contributed by atoms with van der Waals surface area (Å²) in [6.07, 6.45) is 0. The molecule has 4 rings (SSSR count). The maximum atomic E-state index is 14.1. The molecule has 0 saturated heterocycles. The zero-order valence-corrected chi connectivity index (χ0v) is 21.6. The third kappa shape index (κ3) is 5.40. The lowest BCUT2D eigenvalue weighted by molar-refractivity contribution is -0.122. The Hall–Kier alpha value is -4.57. The third-order valence-electron chi connectivity index (χ3n) is 6.21. The molecule has 0 fully saturated rings. The van der Waals surface area contributed by atoms with Gasteiger partial charge in [-0.3, -0.25) is 19.3 Å². The maximum absolute atomic E-state index is 14.1. The van der Waals surface area contributed by atoms with Gasteiger partial charge in [-0.1, -0.05) is 54.6 Å². The first-order chi connectivity index (χ1) is 18.2. The summed E-state index contributed by atoms with van der Waals surface area (Å²) in [5, 5.41) is 2.90. The third-order valence-corrected chi connectivity index (χ3v) is 7.06. The van der Waals surface area contributed by atoms with E-state index in [9.17, 15) is 18.8 Å². The van der Waals surface area contributed by atoms with Crippen LogP contribution in [0.2, 0.25) is 0 Å². The molecule has 0 radical (unpaired) electrons. The van der Waals surface area contributed by atoms with Crippen LogP contribution in [0.25, 0.3) is 0 Å². The fourth-order valence-corrected chi connectivity index (χ4v) is 4.79. The molecule has 0 saturated carbocycles. The smallest absolute Gasteiger partial charge is 0.273 e. The van der Waals surface area contributed by atoms with Crippen molar-refractivity contribution in [2.24, 2.45) is 5.73 Å². The molecule has 3 aromatic carbocycles. The highest BCUT2D eigenvalue weighted by Crippen LogP contribution is 2.35. The van der Waals surface area contributed by atoms with Crippen LogP contribution in [-0.4, -0.2) is 22.1 Å². The summed E-state index contributed by atoms with van der Waals surface area (Å²) in [7, 11) is 0. The number of carbonyl (C=O) groups excluding carboxylic acids is 3. The number of benzene rings is 3. The van der Waals surface area contributed by atoms with Crippen LogP contribution in [0, 0.1) is 19.7 Å². The molecule has 4 aromatic rings. The molecular formula is C28H26FN5O3S. The van der Waals surface area contributed by atoms with Crippen LogP contribution in [-0.2, 0) is 11.3 Å².